The summed E-state index contributed by atoms with van der Waals surface area (Å²) in [5, 5.41) is 8.84. The molecule has 21 heavy (non-hydrogen) atoms. The number of aryl methyl sites for hydroxylation is 1. The second-order valence-electron chi connectivity index (χ2n) is 5.55. The molecule has 0 unspecified atom stereocenters. The summed E-state index contributed by atoms with van der Waals surface area (Å²) < 4.78 is 0. The van der Waals surface area contributed by atoms with Gasteiger partial charge in [-0.25, -0.2) is 0 Å². The van der Waals surface area contributed by atoms with Crippen LogP contribution in [0.3, 0.4) is 0 Å². The first-order valence-electron chi connectivity index (χ1n) is 7.68. The van der Waals surface area contributed by atoms with Gasteiger partial charge in [-0.2, -0.15) is 0 Å². The number of carbonyl (C=O) groups is 1. The summed E-state index contributed by atoms with van der Waals surface area (Å²) in [6.07, 6.45) is 3.63. The van der Waals surface area contributed by atoms with Crippen molar-refractivity contribution in [2.45, 2.75) is 45.6 Å². The van der Waals surface area contributed by atoms with Crippen LogP contribution in [0.2, 0.25) is 0 Å². The van der Waals surface area contributed by atoms with Crippen LogP contribution in [0.4, 0.5) is 0 Å². The fourth-order valence-electron chi connectivity index (χ4n) is 2.39. The van der Waals surface area contributed by atoms with Crippen molar-refractivity contribution in [3.8, 4) is 11.8 Å². The van der Waals surface area contributed by atoms with Crippen molar-refractivity contribution in [2.75, 3.05) is 13.2 Å². The average molecular weight is 285 g/mol. The molecule has 112 valence electrons. The molecule has 1 aliphatic carbocycles. The standard InChI is InChI=1S/C18H23NO2/c1-3-11-19(16-8-9-16)18(21)17-10-7-14(2)13-15(17)6-4-5-12-20/h7,10,13,16,20H,3,5,8-9,11-12H2,1-2H3. The number of aliphatic hydroxyl groups excluding tert-OH is 1. The number of amides is 1. The third-order valence-corrected chi connectivity index (χ3v) is 3.58. The van der Waals surface area contributed by atoms with E-state index in [2.05, 4.69) is 18.8 Å². The van der Waals surface area contributed by atoms with Crippen molar-refractivity contribution in [3.63, 3.8) is 0 Å². The molecule has 0 atom stereocenters. The lowest BCUT2D eigenvalue weighted by atomic mass is 10.0. The second kappa shape index (κ2) is 7.28. The van der Waals surface area contributed by atoms with Crippen molar-refractivity contribution in [1.82, 2.24) is 4.90 Å². The average Bonchev–Trinajstić information content (AvgIpc) is 3.29. The van der Waals surface area contributed by atoms with Gasteiger partial charge in [-0.1, -0.05) is 24.8 Å². The molecule has 1 N–H and O–H groups in total. The number of aliphatic hydroxyl groups is 1. The third kappa shape index (κ3) is 4.09. The molecule has 1 fully saturated rings. The molecule has 0 spiro atoms. The molecule has 0 bridgehead atoms. The van der Waals surface area contributed by atoms with Crippen LogP contribution in [-0.2, 0) is 0 Å². The van der Waals surface area contributed by atoms with Crippen LogP contribution in [0, 0.1) is 18.8 Å². The Morgan fingerprint density at radius 2 is 2.19 bits per heavy atom. The summed E-state index contributed by atoms with van der Waals surface area (Å²) in [5.41, 5.74) is 2.55. The minimum absolute atomic E-state index is 0.0477. The van der Waals surface area contributed by atoms with Crippen LogP contribution in [0.25, 0.3) is 0 Å². The van der Waals surface area contributed by atoms with E-state index in [0.717, 1.165) is 36.9 Å². The Morgan fingerprint density at radius 1 is 1.43 bits per heavy atom. The lowest BCUT2D eigenvalue weighted by Crippen LogP contribution is -2.34. The molecule has 1 saturated carbocycles. The highest BCUT2D eigenvalue weighted by Gasteiger charge is 2.32. The van der Waals surface area contributed by atoms with E-state index in [0.29, 0.717) is 18.0 Å². The van der Waals surface area contributed by atoms with Crippen molar-refractivity contribution in [1.29, 1.82) is 0 Å². The van der Waals surface area contributed by atoms with Crippen molar-refractivity contribution < 1.29 is 9.90 Å². The van der Waals surface area contributed by atoms with E-state index in [9.17, 15) is 4.79 Å². The Balaban J connectivity index is 2.29. The summed E-state index contributed by atoms with van der Waals surface area (Å²) in [6.45, 7) is 4.95. The molecule has 3 heteroatoms. The lowest BCUT2D eigenvalue weighted by molar-refractivity contribution is 0.0743. The largest absolute Gasteiger partial charge is 0.395 e. The SMILES string of the molecule is CCCN(C(=O)c1ccc(C)cc1C#CCCO)C1CC1. The summed E-state index contributed by atoms with van der Waals surface area (Å²) in [6, 6.07) is 6.21. The van der Waals surface area contributed by atoms with Crippen molar-refractivity contribution in [3.05, 3.63) is 34.9 Å². The molecule has 1 aromatic carbocycles. The zero-order chi connectivity index (χ0) is 15.2. The van der Waals surface area contributed by atoms with Gasteiger partial charge >= 0.3 is 0 Å². The molecule has 1 aliphatic rings. The predicted molar refractivity (Wildman–Crippen MR) is 84.1 cm³/mol. The lowest BCUT2D eigenvalue weighted by Gasteiger charge is -2.22. The maximum absolute atomic E-state index is 12.8. The van der Waals surface area contributed by atoms with Gasteiger partial charge in [-0.3, -0.25) is 4.79 Å². The molecular formula is C18H23NO2. The number of carbonyl (C=O) groups excluding carboxylic acids is 1. The zero-order valence-electron chi connectivity index (χ0n) is 12.9. The first kappa shape index (κ1) is 15.6. The fraction of sp³-hybridized carbons (Fsp3) is 0.500. The molecule has 0 saturated heterocycles. The first-order chi connectivity index (χ1) is 10.2. The number of hydrogen-bond acceptors (Lipinski definition) is 2. The number of nitrogens with zero attached hydrogens (tertiary/aromatic N) is 1. The highest BCUT2D eigenvalue weighted by atomic mass is 16.2. The van der Waals surface area contributed by atoms with Gasteiger partial charge in [0.15, 0.2) is 0 Å². The van der Waals surface area contributed by atoms with E-state index >= 15 is 0 Å². The third-order valence-electron chi connectivity index (χ3n) is 3.58. The van der Waals surface area contributed by atoms with Crippen LogP contribution < -0.4 is 0 Å². The van der Waals surface area contributed by atoms with E-state index in [1.807, 2.05) is 30.0 Å². The molecular weight excluding hydrogens is 262 g/mol. The second-order valence-corrected chi connectivity index (χ2v) is 5.55. The van der Waals surface area contributed by atoms with Crippen LogP contribution in [0.1, 0.15) is 54.1 Å². The Hall–Kier alpha value is -1.79. The van der Waals surface area contributed by atoms with E-state index in [-0.39, 0.29) is 12.5 Å². The Bertz CT molecular complexity index is 564. The Labute approximate surface area is 127 Å². The van der Waals surface area contributed by atoms with Gasteiger partial charge in [0.25, 0.3) is 5.91 Å². The number of rotatable bonds is 5. The smallest absolute Gasteiger partial charge is 0.255 e. The van der Waals surface area contributed by atoms with Gasteiger partial charge in [0.05, 0.1) is 12.2 Å². The molecule has 0 aromatic heterocycles. The monoisotopic (exact) mass is 285 g/mol. The minimum atomic E-state index is 0.0477. The first-order valence-corrected chi connectivity index (χ1v) is 7.68. The summed E-state index contributed by atoms with van der Waals surface area (Å²) in [7, 11) is 0. The van der Waals surface area contributed by atoms with Gasteiger partial charge in [-0.05, 0) is 43.9 Å². The molecule has 3 nitrogen and oxygen atoms in total. The maximum atomic E-state index is 12.8. The molecule has 0 radical (unpaired) electrons. The van der Waals surface area contributed by atoms with Crippen molar-refractivity contribution >= 4 is 5.91 Å². The molecule has 0 aliphatic heterocycles. The van der Waals surface area contributed by atoms with Crippen LogP contribution in [0.5, 0.6) is 0 Å². The molecule has 0 heterocycles. The topological polar surface area (TPSA) is 40.5 Å². The summed E-state index contributed by atoms with van der Waals surface area (Å²) in [4.78, 5) is 14.8. The maximum Gasteiger partial charge on any atom is 0.255 e. The van der Waals surface area contributed by atoms with Gasteiger partial charge in [0.2, 0.25) is 0 Å². The summed E-state index contributed by atoms with van der Waals surface area (Å²) >= 11 is 0. The van der Waals surface area contributed by atoms with E-state index in [4.69, 9.17) is 5.11 Å². The van der Waals surface area contributed by atoms with Crippen LogP contribution >= 0.6 is 0 Å². The minimum Gasteiger partial charge on any atom is -0.395 e. The molecule has 1 amide bonds. The Morgan fingerprint density at radius 3 is 2.81 bits per heavy atom. The fourth-order valence-corrected chi connectivity index (χ4v) is 2.39. The van der Waals surface area contributed by atoms with Gasteiger partial charge in [-0.15, -0.1) is 0 Å². The van der Waals surface area contributed by atoms with Gasteiger partial charge < -0.3 is 10.0 Å². The highest BCUT2D eigenvalue weighted by Crippen LogP contribution is 2.29. The van der Waals surface area contributed by atoms with Gasteiger partial charge in [0.1, 0.15) is 0 Å². The van der Waals surface area contributed by atoms with Crippen molar-refractivity contribution in [2.24, 2.45) is 0 Å². The van der Waals surface area contributed by atoms with Gasteiger partial charge in [0, 0.05) is 24.6 Å². The predicted octanol–water partition coefficient (Wildman–Crippen LogP) is 2.74. The van der Waals surface area contributed by atoms with Crippen LogP contribution in [-0.4, -0.2) is 35.1 Å². The quantitative estimate of drug-likeness (QED) is 0.845. The zero-order valence-corrected chi connectivity index (χ0v) is 12.9. The molecule has 1 aromatic rings. The van der Waals surface area contributed by atoms with E-state index in [1.165, 1.54) is 0 Å². The van der Waals surface area contributed by atoms with E-state index in [1.54, 1.807) is 0 Å². The highest BCUT2D eigenvalue weighted by molar-refractivity contribution is 5.97. The van der Waals surface area contributed by atoms with E-state index < -0.39 is 0 Å². The number of hydrogen-bond donors (Lipinski definition) is 1. The number of benzene rings is 1. The van der Waals surface area contributed by atoms with Crippen LogP contribution in [0.15, 0.2) is 18.2 Å². The summed E-state index contributed by atoms with van der Waals surface area (Å²) in [5.74, 6) is 6.04. The normalized spacial score (nSPS) is 13.5. The molecule has 2 rings (SSSR count). The Kier molecular flexibility index (Phi) is 5.41.